The zero-order valence-corrected chi connectivity index (χ0v) is 21.9. The summed E-state index contributed by atoms with van der Waals surface area (Å²) in [5.41, 5.74) is 14.1. The van der Waals surface area contributed by atoms with Crippen LogP contribution in [0.4, 0.5) is 11.4 Å². The van der Waals surface area contributed by atoms with Gasteiger partial charge in [0.15, 0.2) is 11.5 Å². The maximum atomic E-state index is 13.7. The minimum atomic E-state index is -0.768. The number of para-hydroxylation sites is 4. The van der Waals surface area contributed by atoms with Crippen LogP contribution in [-0.2, 0) is 19.2 Å². The molecule has 206 valence electrons. The average molecular weight is 559 g/mol. The van der Waals surface area contributed by atoms with Crippen molar-refractivity contribution in [2.24, 2.45) is 0 Å². The highest BCUT2D eigenvalue weighted by atomic mass is 16.7. The number of carbonyl (C=O) groups excluding carboxylic acids is 4. The molecule has 0 atom stereocenters. The molecule has 0 spiro atoms. The molecular formula is C32H22N4O6. The smallest absolute Gasteiger partial charge is 0.295 e. The summed E-state index contributed by atoms with van der Waals surface area (Å²) < 4.78 is 0. The topological polar surface area (TPSA) is 145 Å². The molecule has 2 aliphatic heterocycles. The summed E-state index contributed by atoms with van der Waals surface area (Å²) in [7, 11) is 0. The van der Waals surface area contributed by atoms with Gasteiger partial charge in [0.25, 0.3) is 23.6 Å². The molecule has 0 aliphatic carbocycles. The van der Waals surface area contributed by atoms with Crippen molar-refractivity contribution >= 4 is 46.1 Å². The van der Waals surface area contributed by atoms with Crippen LogP contribution in [0, 0.1) is 0 Å². The molecule has 10 nitrogen and oxygen atoms in total. The fourth-order valence-electron chi connectivity index (χ4n) is 4.70. The molecule has 4 N–H and O–H groups in total. The molecule has 2 aliphatic rings. The van der Waals surface area contributed by atoms with Gasteiger partial charge in [-0.25, -0.2) is 0 Å². The van der Waals surface area contributed by atoms with E-state index in [4.69, 9.17) is 21.1 Å². The van der Waals surface area contributed by atoms with Crippen LogP contribution in [0.3, 0.4) is 0 Å². The number of nitrogens with zero attached hydrogens (tertiary/aromatic N) is 2. The van der Waals surface area contributed by atoms with Crippen LogP contribution in [0.15, 0.2) is 109 Å². The van der Waals surface area contributed by atoms with Crippen LogP contribution in [0.1, 0.15) is 11.1 Å². The second-order valence-electron chi connectivity index (χ2n) is 9.34. The third-order valence-corrected chi connectivity index (χ3v) is 6.69. The van der Waals surface area contributed by atoms with E-state index in [0.717, 1.165) is 12.2 Å². The lowest BCUT2D eigenvalue weighted by atomic mass is 9.87. The van der Waals surface area contributed by atoms with E-state index in [9.17, 15) is 19.2 Å². The number of benzene rings is 4. The summed E-state index contributed by atoms with van der Waals surface area (Å²) in [6, 6.07) is 27.0. The molecule has 4 aromatic rings. The first kappa shape index (κ1) is 26.1. The van der Waals surface area contributed by atoms with E-state index in [1.54, 1.807) is 54.6 Å². The highest BCUT2D eigenvalue weighted by Gasteiger charge is 2.40. The maximum Gasteiger partial charge on any atom is 0.295 e. The first-order valence-electron chi connectivity index (χ1n) is 12.8. The van der Waals surface area contributed by atoms with Gasteiger partial charge in [-0.05, 0) is 41.0 Å². The molecule has 0 saturated carbocycles. The van der Waals surface area contributed by atoms with Crippen molar-refractivity contribution in [3.63, 3.8) is 0 Å². The predicted octanol–water partition coefficient (Wildman–Crippen LogP) is 4.01. The van der Waals surface area contributed by atoms with Crippen molar-refractivity contribution < 1.29 is 28.9 Å². The lowest BCUT2D eigenvalue weighted by Gasteiger charge is -2.20. The fourth-order valence-corrected chi connectivity index (χ4v) is 4.70. The van der Waals surface area contributed by atoms with Gasteiger partial charge < -0.3 is 21.1 Å². The van der Waals surface area contributed by atoms with E-state index in [2.05, 4.69) is 0 Å². The Morgan fingerprint density at radius 1 is 0.500 bits per heavy atom. The molecule has 0 bridgehead atoms. The molecule has 0 aromatic heterocycles. The standard InChI is InChI=1S/C32H22N4O6/c33-24-13-4-6-15-26(24)41-35-28(37)17-22(31(35)39)21-12-8-11-20(19-9-2-1-3-10-19)30(21)23-18-29(38)36(32(23)40)42-27-16-7-5-14-25(27)34/h1-18H,33-34H2. The van der Waals surface area contributed by atoms with Gasteiger partial charge in [0.1, 0.15) is 0 Å². The Balaban J connectivity index is 1.43. The molecule has 42 heavy (non-hydrogen) atoms. The van der Waals surface area contributed by atoms with E-state index < -0.39 is 23.6 Å². The number of nitrogen functional groups attached to an aromatic ring is 2. The van der Waals surface area contributed by atoms with Gasteiger partial charge in [-0.2, -0.15) is 0 Å². The van der Waals surface area contributed by atoms with Crippen LogP contribution in [-0.4, -0.2) is 33.8 Å². The van der Waals surface area contributed by atoms with E-state index in [0.29, 0.717) is 21.3 Å². The Labute approximate surface area is 239 Å². The van der Waals surface area contributed by atoms with Gasteiger partial charge in [-0.3, -0.25) is 19.2 Å². The number of nitrogens with two attached hydrogens (primary N) is 2. The lowest BCUT2D eigenvalue weighted by molar-refractivity contribution is -0.163. The molecule has 0 radical (unpaired) electrons. The van der Waals surface area contributed by atoms with Gasteiger partial charge in [0, 0.05) is 17.7 Å². The Kier molecular flexibility index (Phi) is 6.48. The van der Waals surface area contributed by atoms with E-state index in [-0.39, 0.29) is 45.1 Å². The number of hydrogen-bond donors (Lipinski definition) is 2. The second-order valence-corrected chi connectivity index (χ2v) is 9.34. The summed E-state index contributed by atoms with van der Waals surface area (Å²) in [6.07, 6.45) is 2.25. The Bertz CT molecular complexity index is 1850. The molecule has 4 amide bonds. The van der Waals surface area contributed by atoms with Gasteiger partial charge in [0.2, 0.25) is 0 Å². The molecule has 10 heteroatoms. The summed E-state index contributed by atoms with van der Waals surface area (Å²) in [5.74, 6) is -2.76. The Morgan fingerprint density at radius 3 is 1.55 bits per heavy atom. The summed E-state index contributed by atoms with van der Waals surface area (Å²) in [6.45, 7) is 0. The monoisotopic (exact) mass is 558 g/mol. The van der Waals surface area contributed by atoms with Gasteiger partial charge in [-0.1, -0.05) is 82.9 Å². The number of hydroxylamine groups is 4. The van der Waals surface area contributed by atoms with Crippen LogP contribution >= 0.6 is 0 Å². The highest BCUT2D eigenvalue weighted by Crippen LogP contribution is 2.40. The van der Waals surface area contributed by atoms with Crippen molar-refractivity contribution in [3.05, 3.63) is 120 Å². The van der Waals surface area contributed by atoms with Crippen molar-refractivity contribution in [1.82, 2.24) is 10.1 Å². The molecule has 0 saturated heterocycles. The third kappa shape index (κ3) is 4.52. The van der Waals surface area contributed by atoms with Crippen LogP contribution < -0.4 is 21.1 Å². The number of amides is 4. The normalized spacial score (nSPS) is 14.8. The van der Waals surface area contributed by atoms with E-state index in [1.807, 2.05) is 30.3 Å². The first-order valence-corrected chi connectivity index (χ1v) is 12.8. The number of hydrogen-bond acceptors (Lipinski definition) is 8. The summed E-state index contributed by atoms with van der Waals surface area (Å²) in [4.78, 5) is 64.5. The van der Waals surface area contributed by atoms with Gasteiger partial charge in [-0.15, -0.1) is 0 Å². The SMILES string of the molecule is Nc1ccccc1ON1C(=O)C=C(c2cccc(-c3ccccc3)c2C2=CC(=O)N(Oc3ccccc3N)C2=O)C1=O. The van der Waals surface area contributed by atoms with Gasteiger partial charge >= 0.3 is 0 Å². The highest BCUT2D eigenvalue weighted by molar-refractivity contribution is 6.38. The van der Waals surface area contributed by atoms with Crippen molar-refractivity contribution in [2.45, 2.75) is 0 Å². The molecule has 2 heterocycles. The Hall–Kier alpha value is -6.16. The molecule has 0 fully saturated rings. The molecular weight excluding hydrogens is 536 g/mol. The number of carbonyl (C=O) groups is 4. The predicted molar refractivity (Wildman–Crippen MR) is 155 cm³/mol. The van der Waals surface area contributed by atoms with Crippen LogP contribution in [0.2, 0.25) is 0 Å². The van der Waals surface area contributed by atoms with Crippen LogP contribution in [0.25, 0.3) is 22.3 Å². The molecule has 6 rings (SSSR count). The molecule has 4 aromatic carbocycles. The van der Waals surface area contributed by atoms with Crippen molar-refractivity contribution in [3.8, 4) is 22.6 Å². The third-order valence-electron chi connectivity index (χ3n) is 6.69. The minimum Gasteiger partial charge on any atom is -0.396 e. The van der Waals surface area contributed by atoms with Crippen molar-refractivity contribution in [2.75, 3.05) is 11.5 Å². The van der Waals surface area contributed by atoms with E-state index in [1.165, 1.54) is 12.1 Å². The average Bonchev–Trinajstić information content (AvgIpc) is 3.44. The number of rotatable bonds is 7. The van der Waals surface area contributed by atoms with Gasteiger partial charge in [0.05, 0.1) is 22.5 Å². The summed E-state index contributed by atoms with van der Waals surface area (Å²) in [5, 5.41) is 1.21. The fraction of sp³-hybridized carbons (Fsp3) is 0. The lowest BCUT2D eigenvalue weighted by Crippen LogP contribution is -2.35. The van der Waals surface area contributed by atoms with Crippen LogP contribution in [0.5, 0.6) is 11.5 Å². The zero-order valence-electron chi connectivity index (χ0n) is 21.9. The number of imide groups is 2. The number of anilines is 2. The minimum absolute atomic E-state index is 0.0308. The largest absolute Gasteiger partial charge is 0.396 e. The quantitative estimate of drug-likeness (QED) is 0.256. The van der Waals surface area contributed by atoms with Crippen molar-refractivity contribution in [1.29, 1.82) is 0 Å². The van der Waals surface area contributed by atoms with E-state index >= 15 is 0 Å². The maximum absolute atomic E-state index is 13.7. The first-order chi connectivity index (χ1) is 20.3. The molecule has 0 unspecified atom stereocenters. The zero-order chi connectivity index (χ0) is 29.4. The second kappa shape index (κ2) is 10.4. The summed E-state index contributed by atoms with van der Waals surface area (Å²) >= 11 is 0. The Morgan fingerprint density at radius 2 is 0.976 bits per heavy atom.